The van der Waals surface area contributed by atoms with Crippen molar-refractivity contribution in [2.45, 2.75) is 26.7 Å². The lowest BCUT2D eigenvalue weighted by molar-refractivity contribution is 0.0926. The number of hydrogen-bond acceptors (Lipinski definition) is 4. The van der Waals surface area contributed by atoms with Crippen LogP contribution in [-0.2, 0) is 0 Å². The maximum atomic E-state index is 13.3. The highest BCUT2D eigenvalue weighted by molar-refractivity contribution is 5.99. The number of amides is 1. The summed E-state index contributed by atoms with van der Waals surface area (Å²) in [4.78, 5) is 16.7. The normalized spacial score (nSPS) is 12.1. The summed E-state index contributed by atoms with van der Waals surface area (Å²) in [6.07, 6.45) is 2.01. The quantitative estimate of drug-likeness (QED) is 0.265. The topological polar surface area (TPSA) is 76.5 Å². The summed E-state index contributed by atoms with van der Waals surface area (Å²) in [5.74, 6) is 1.34. The molecule has 6 nitrogen and oxygen atoms in total. The number of aromatic amines is 1. The Hall–Kier alpha value is -4.19. The Morgan fingerprint density at radius 1 is 1.03 bits per heavy atom. The molecule has 0 saturated heterocycles. The number of ether oxygens (including phenoxy) is 2. The smallest absolute Gasteiger partial charge is 0.287 e. The highest BCUT2D eigenvalue weighted by Crippen LogP contribution is 2.36. The zero-order valence-electron chi connectivity index (χ0n) is 21.0. The molecule has 2 N–H and O–H groups in total. The molecule has 0 spiro atoms. The summed E-state index contributed by atoms with van der Waals surface area (Å²) < 4.78 is 17.3. The van der Waals surface area contributed by atoms with E-state index in [4.69, 9.17) is 13.9 Å². The zero-order chi connectivity index (χ0) is 25.2. The van der Waals surface area contributed by atoms with Gasteiger partial charge in [-0.1, -0.05) is 36.4 Å². The van der Waals surface area contributed by atoms with Gasteiger partial charge in [-0.2, -0.15) is 0 Å². The third-order valence-electron chi connectivity index (χ3n) is 6.65. The Bertz CT molecular complexity index is 1550. The molecule has 0 unspecified atom stereocenters. The van der Waals surface area contributed by atoms with E-state index >= 15 is 0 Å². The van der Waals surface area contributed by atoms with Crippen LogP contribution in [0.5, 0.6) is 11.5 Å². The van der Waals surface area contributed by atoms with Crippen molar-refractivity contribution in [2.24, 2.45) is 0 Å². The van der Waals surface area contributed by atoms with Gasteiger partial charge in [-0.05, 0) is 61.7 Å². The SMILES string of the molecule is CCOc1ccc([C@H](CNC(=O)c2oc3cc(C)ccc3c2C)c2c[nH]c3ccccc23)cc1OC. The number of aryl methyl sites for hydroxylation is 2. The standard InChI is InChI=1S/C30H30N2O4/c1-5-35-26-13-11-20(15-28(26)34-4)23(24-17-31-25-9-7-6-8-22(24)25)16-32-30(33)29-19(3)21-12-10-18(2)14-27(21)36-29/h6-15,17,23,31H,5,16H2,1-4H3,(H,32,33)/t23-/m0/s1. The molecule has 1 atom stereocenters. The second-order valence-electron chi connectivity index (χ2n) is 8.95. The van der Waals surface area contributed by atoms with E-state index in [1.54, 1.807) is 7.11 Å². The van der Waals surface area contributed by atoms with E-state index in [0.717, 1.165) is 44.1 Å². The second-order valence-corrected chi connectivity index (χ2v) is 8.95. The molecule has 0 fully saturated rings. The minimum Gasteiger partial charge on any atom is -0.493 e. The molecule has 2 heterocycles. The highest BCUT2D eigenvalue weighted by atomic mass is 16.5. The van der Waals surface area contributed by atoms with Gasteiger partial charge >= 0.3 is 0 Å². The second kappa shape index (κ2) is 9.82. The lowest BCUT2D eigenvalue weighted by Gasteiger charge is -2.20. The summed E-state index contributed by atoms with van der Waals surface area (Å²) in [7, 11) is 1.64. The largest absolute Gasteiger partial charge is 0.493 e. The first-order chi connectivity index (χ1) is 17.5. The molecule has 0 aliphatic carbocycles. The first-order valence-electron chi connectivity index (χ1n) is 12.1. The molecule has 0 radical (unpaired) electrons. The number of H-pyrrole nitrogens is 1. The number of fused-ring (bicyclic) bond motifs is 2. The monoisotopic (exact) mass is 482 g/mol. The lowest BCUT2D eigenvalue weighted by Crippen LogP contribution is -2.29. The van der Waals surface area contributed by atoms with Crippen LogP contribution in [0.2, 0.25) is 0 Å². The van der Waals surface area contributed by atoms with Crippen LogP contribution >= 0.6 is 0 Å². The van der Waals surface area contributed by atoms with E-state index in [0.29, 0.717) is 30.4 Å². The Morgan fingerprint density at radius 2 is 1.86 bits per heavy atom. The van der Waals surface area contributed by atoms with Crippen molar-refractivity contribution in [3.05, 3.63) is 94.9 Å². The number of carbonyl (C=O) groups excluding carboxylic acids is 1. The Morgan fingerprint density at radius 3 is 2.67 bits per heavy atom. The summed E-state index contributed by atoms with van der Waals surface area (Å²) >= 11 is 0. The fourth-order valence-corrected chi connectivity index (χ4v) is 4.79. The molecule has 0 saturated carbocycles. The van der Waals surface area contributed by atoms with Gasteiger partial charge in [0.15, 0.2) is 17.3 Å². The van der Waals surface area contributed by atoms with E-state index in [1.807, 2.05) is 81.6 Å². The fourth-order valence-electron chi connectivity index (χ4n) is 4.79. The molecule has 3 aromatic carbocycles. The number of rotatable bonds is 8. The average molecular weight is 483 g/mol. The summed E-state index contributed by atoms with van der Waals surface area (Å²) in [6.45, 7) is 6.80. The maximum Gasteiger partial charge on any atom is 0.287 e. The first kappa shape index (κ1) is 23.5. The third-order valence-corrected chi connectivity index (χ3v) is 6.65. The van der Waals surface area contributed by atoms with Crippen molar-refractivity contribution >= 4 is 27.8 Å². The third kappa shape index (κ3) is 4.31. The molecule has 0 aliphatic rings. The zero-order valence-corrected chi connectivity index (χ0v) is 21.0. The van der Waals surface area contributed by atoms with Gasteiger partial charge < -0.3 is 24.2 Å². The number of aromatic nitrogens is 1. The molecular weight excluding hydrogens is 452 g/mol. The molecular formula is C30H30N2O4. The van der Waals surface area contributed by atoms with Crippen LogP contribution < -0.4 is 14.8 Å². The molecule has 5 aromatic rings. The minimum atomic E-state index is -0.232. The number of hydrogen-bond donors (Lipinski definition) is 2. The van der Waals surface area contributed by atoms with E-state index < -0.39 is 0 Å². The van der Waals surface area contributed by atoms with Crippen molar-refractivity contribution < 1.29 is 18.7 Å². The summed E-state index contributed by atoms with van der Waals surface area (Å²) in [5, 5.41) is 5.19. The fraction of sp³-hybridized carbons (Fsp3) is 0.233. The van der Waals surface area contributed by atoms with Gasteiger partial charge in [0.05, 0.1) is 13.7 Å². The van der Waals surface area contributed by atoms with Crippen LogP contribution in [-0.4, -0.2) is 31.2 Å². The van der Waals surface area contributed by atoms with Crippen LogP contribution in [0.15, 0.2) is 71.3 Å². The number of para-hydroxylation sites is 1. The Balaban J connectivity index is 1.50. The number of nitrogens with one attached hydrogen (secondary N) is 2. The Kier molecular flexibility index (Phi) is 6.42. The van der Waals surface area contributed by atoms with E-state index in [9.17, 15) is 4.79 Å². The number of methoxy groups -OCH3 is 1. The molecule has 0 bridgehead atoms. The number of furan rings is 1. The molecule has 36 heavy (non-hydrogen) atoms. The van der Waals surface area contributed by atoms with E-state index in [2.05, 4.69) is 16.4 Å². The highest BCUT2D eigenvalue weighted by Gasteiger charge is 2.23. The summed E-state index contributed by atoms with van der Waals surface area (Å²) in [6, 6.07) is 20.1. The van der Waals surface area contributed by atoms with Gasteiger partial charge in [-0.15, -0.1) is 0 Å². The van der Waals surface area contributed by atoms with Crippen LogP contribution in [0.1, 0.15) is 45.7 Å². The number of benzene rings is 3. The summed E-state index contributed by atoms with van der Waals surface area (Å²) in [5.41, 5.74) is 5.81. The predicted molar refractivity (Wildman–Crippen MR) is 142 cm³/mol. The molecule has 6 heteroatoms. The van der Waals surface area contributed by atoms with Crippen molar-refractivity contribution in [1.82, 2.24) is 10.3 Å². The number of carbonyl (C=O) groups is 1. The predicted octanol–water partition coefficient (Wildman–Crippen LogP) is 6.50. The molecule has 184 valence electrons. The van der Waals surface area contributed by atoms with Gasteiger partial charge in [-0.3, -0.25) is 4.79 Å². The first-order valence-corrected chi connectivity index (χ1v) is 12.1. The van der Waals surface area contributed by atoms with Gasteiger partial charge in [0.1, 0.15) is 5.58 Å². The lowest BCUT2D eigenvalue weighted by atomic mass is 9.90. The van der Waals surface area contributed by atoms with Gasteiger partial charge in [-0.25, -0.2) is 0 Å². The van der Waals surface area contributed by atoms with Crippen molar-refractivity contribution in [3.8, 4) is 11.5 Å². The Labute approximate surface area is 210 Å². The van der Waals surface area contributed by atoms with Crippen LogP contribution in [0.3, 0.4) is 0 Å². The molecule has 5 rings (SSSR count). The van der Waals surface area contributed by atoms with Crippen LogP contribution in [0, 0.1) is 13.8 Å². The van der Waals surface area contributed by atoms with Gasteiger partial charge in [0.25, 0.3) is 5.91 Å². The van der Waals surface area contributed by atoms with Crippen molar-refractivity contribution in [3.63, 3.8) is 0 Å². The van der Waals surface area contributed by atoms with Crippen molar-refractivity contribution in [1.29, 1.82) is 0 Å². The average Bonchev–Trinajstić information content (AvgIpc) is 3.46. The maximum absolute atomic E-state index is 13.3. The molecule has 1 amide bonds. The molecule has 2 aromatic heterocycles. The minimum absolute atomic E-state index is 0.124. The van der Waals surface area contributed by atoms with Crippen LogP contribution in [0.25, 0.3) is 21.9 Å². The van der Waals surface area contributed by atoms with E-state index in [1.165, 1.54) is 0 Å². The van der Waals surface area contributed by atoms with Crippen LogP contribution in [0.4, 0.5) is 0 Å². The van der Waals surface area contributed by atoms with Gasteiger partial charge in [0.2, 0.25) is 0 Å². The van der Waals surface area contributed by atoms with Gasteiger partial charge in [0, 0.05) is 40.5 Å². The van der Waals surface area contributed by atoms with E-state index in [-0.39, 0.29) is 11.8 Å². The van der Waals surface area contributed by atoms with Crippen molar-refractivity contribution in [2.75, 3.05) is 20.3 Å². The molecule has 0 aliphatic heterocycles.